The predicted octanol–water partition coefficient (Wildman–Crippen LogP) is 12.5. The van der Waals surface area contributed by atoms with E-state index >= 15 is 0 Å². The van der Waals surface area contributed by atoms with Crippen molar-refractivity contribution in [3.8, 4) is 0 Å². The van der Waals surface area contributed by atoms with Crippen LogP contribution in [0.1, 0.15) is 90.7 Å². The molecule has 0 aromatic heterocycles. The molecule has 1 N–H and O–H groups in total. The molecule has 2 aliphatic heterocycles. The largest absolute Gasteiger partial charge is 0.344 e. The first-order valence-electron chi connectivity index (χ1n) is 18.7. The molecular formula is C44H51Br2N2O3S2+. The van der Waals surface area contributed by atoms with Gasteiger partial charge in [-0.15, -0.1) is 0 Å². The first kappa shape index (κ1) is 40.0. The highest BCUT2D eigenvalue weighted by molar-refractivity contribution is 9.10. The number of fused-ring (bicyclic) bond motifs is 2. The summed E-state index contributed by atoms with van der Waals surface area (Å²) in [5, 5.41) is 0. The Morgan fingerprint density at radius 3 is 2.28 bits per heavy atom. The summed E-state index contributed by atoms with van der Waals surface area (Å²) in [5.41, 5.74) is 9.90. The average molecular weight is 880 g/mol. The lowest BCUT2D eigenvalue weighted by molar-refractivity contribution is -0.438. The van der Waals surface area contributed by atoms with Crippen molar-refractivity contribution < 1.29 is 17.5 Å². The van der Waals surface area contributed by atoms with Crippen LogP contribution in [-0.2, 0) is 20.9 Å². The van der Waals surface area contributed by atoms with Crippen molar-refractivity contribution in [1.29, 1.82) is 0 Å². The van der Waals surface area contributed by atoms with E-state index in [-0.39, 0.29) is 16.6 Å². The van der Waals surface area contributed by atoms with Gasteiger partial charge >= 0.3 is 0 Å². The van der Waals surface area contributed by atoms with Crippen LogP contribution in [0.15, 0.2) is 127 Å². The van der Waals surface area contributed by atoms with E-state index in [0.29, 0.717) is 19.4 Å². The number of anilines is 1. The molecule has 2 heterocycles. The summed E-state index contributed by atoms with van der Waals surface area (Å²) in [6.45, 7) is 13.2. The molecule has 9 heteroatoms. The molecule has 0 fully saturated rings. The van der Waals surface area contributed by atoms with Gasteiger partial charge in [-0.25, -0.2) is 0 Å². The minimum atomic E-state index is -3.99. The van der Waals surface area contributed by atoms with Gasteiger partial charge in [0.1, 0.15) is 6.54 Å². The fourth-order valence-electron chi connectivity index (χ4n) is 7.97. The molecule has 3 aliphatic rings. The number of hydrogen-bond acceptors (Lipinski definition) is 4. The van der Waals surface area contributed by atoms with Gasteiger partial charge in [-0.3, -0.25) is 4.55 Å². The third-order valence-electron chi connectivity index (χ3n) is 10.8. The van der Waals surface area contributed by atoms with Gasteiger partial charge in [-0.05, 0) is 111 Å². The van der Waals surface area contributed by atoms with Gasteiger partial charge in [0.2, 0.25) is 5.69 Å². The molecular weight excluding hydrogens is 828 g/mol. The highest BCUT2D eigenvalue weighted by atomic mass is 79.9. The molecule has 0 saturated heterocycles. The number of allylic oxidation sites excluding steroid dienone is 7. The molecule has 3 aromatic rings. The van der Waals surface area contributed by atoms with E-state index in [0.717, 1.165) is 40.4 Å². The number of benzene rings is 3. The van der Waals surface area contributed by atoms with Crippen LogP contribution in [-0.4, -0.2) is 42.1 Å². The molecule has 53 heavy (non-hydrogen) atoms. The minimum absolute atomic E-state index is 0.125. The summed E-state index contributed by atoms with van der Waals surface area (Å²) in [4.78, 5) is 4.88. The van der Waals surface area contributed by atoms with Gasteiger partial charge in [-0.2, -0.15) is 13.0 Å². The molecule has 0 spiro atoms. The topological polar surface area (TPSA) is 60.6 Å². The standard InChI is InChI=1S/C44H50Br2N2O3S2/c1-6-7-11-26-47-38-22-20-33(45)29-36(38)43(2,3)40(47)24-18-31-16-17-32(42(31)52-35-14-9-8-10-15-35)19-25-41-44(4,5)37-30-34(46)21-23-39(37)48(41)27-12-13-28-53(49,50)51/h8-10,14-15,18-25,29-30H,6-7,11-13,16-17,26-28H2,1-5H3/p+1. The maximum absolute atomic E-state index is 11.5. The Balaban J connectivity index is 1.39. The van der Waals surface area contributed by atoms with Crippen LogP contribution in [0.5, 0.6) is 0 Å². The monoisotopic (exact) mass is 877 g/mol. The molecule has 1 aliphatic carbocycles. The van der Waals surface area contributed by atoms with Crippen LogP contribution >= 0.6 is 43.6 Å². The SMILES string of the molecule is CCCCC[N+]1=C(/C=C/C2=C(Sc3ccccc3)C(=C/C=C3/N(CCCCS(=O)(=O)O)c4ccc(Br)cc4C3(C)C)/CC2)C(C)(C)c2cc(Br)ccc21. The van der Waals surface area contributed by atoms with Crippen LogP contribution in [0.2, 0.25) is 0 Å². The zero-order valence-electron chi connectivity index (χ0n) is 31.5. The maximum Gasteiger partial charge on any atom is 0.264 e. The van der Waals surface area contributed by atoms with Crippen molar-refractivity contribution in [2.75, 3.05) is 23.7 Å². The van der Waals surface area contributed by atoms with Crippen LogP contribution in [0.25, 0.3) is 0 Å². The van der Waals surface area contributed by atoms with E-state index in [1.54, 1.807) is 0 Å². The average Bonchev–Trinajstić information content (AvgIpc) is 3.65. The molecule has 0 saturated carbocycles. The lowest BCUT2D eigenvalue weighted by Gasteiger charge is -2.27. The summed E-state index contributed by atoms with van der Waals surface area (Å²) >= 11 is 9.28. The fourth-order valence-corrected chi connectivity index (χ4v) is 10.4. The number of unbranched alkanes of at least 4 members (excludes halogenated alkanes) is 3. The van der Waals surface area contributed by atoms with Gasteiger partial charge in [-0.1, -0.05) is 101 Å². The number of hydrogen-bond donors (Lipinski definition) is 1. The lowest BCUT2D eigenvalue weighted by Crippen LogP contribution is -2.28. The van der Waals surface area contributed by atoms with E-state index in [4.69, 9.17) is 0 Å². The zero-order valence-corrected chi connectivity index (χ0v) is 36.3. The highest BCUT2D eigenvalue weighted by Gasteiger charge is 2.44. The van der Waals surface area contributed by atoms with Crippen molar-refractivity contribution in [1.82, 2.24) is 0 Å². The summed E-state index contributed by atoms with van der Waals surface area (Å²) in [6.07, 6.45) is 16.0. The van der Waals surface area contributed by atoms with Crippen LogP contribution in [0.3, 0.4) is 0 Å². The lowest BCUT2D eigenvalue weighted by atomic mass is 9.81. The fraction of sp³-hybridized carbons (Fsp3) is 0.386. The Labute approximate surface area is 338 Å². The van der Waals surface area contributed by atoms with Crippen molar-refractivity contribution in [3.05, 3.63) is 133 Å². The van der Waals surface area contributed by atoms with E-state index in [1.807, 2.05) is 11.8 Å². The van der Waals surface area contributed by atoms with E-state index in [9.17, 15) is 13.0 Å². The summed E-state index contributed by atoms with van der Waals surface area (Å²) < 4.78 is 37.0. The second kappa shape index (κ2) is 16.6. The zero-order chi connectivity index (χ0) is 38.0. The first-order chi connectivity index (χ1) is 25.2. The van der Waals surface area contributed by atoms with Crippen LogP contribution in [0.4, 0.5) is 11.4 Å². The maximum atomic E-state index is 11.5. The minimum Gasteiger partial charge on any atom is -0.344 e. The van der Waals surface area contributed by atoms with Crippen LogP contribution < -0.4 is 4.90 Å². The Morgan fingerprint density at radius 1 is 0.849 bits per heavy atom. The second-order valence-electron chi connectivity index (χ2n) is 15.3. The van der Waals surface area contributed by atoms with E-state index in [2.05, 4.69) is 167 Å². The van der Waals surface area contributed by atoms with Gasteiger partial charge in [0.25, 0.3) is 10.1 Å². The van der Waals surface area contributed by atoms with E-state index < -0.39 is 10.1 Å². The smallest absolute Gasteiger partial charge is 0.264 e. The van der Waals surface area contributed by atoms with Crippen molar-refractivity contribution in [2.24, 2.45) is 0 Å². The normalized spacial score (nSPS) is 19.4. The molecule has 6 rings (SSSR count). The van der Waals surface area contributed by atoms with Gasteiger partial charge in [0, 0.05) is 66.2 Å². The molecule has 280 valence electrons. The Kier molecular flexibility index (Phi) is 12.5. The molecule has 5 nitrogen and oxygen atoms in total. The molecule has 0 amide bonds. The van der Waals surface area contributed by atoms with Gasteiger partial charge in [0.15, 0.2) is 5.71 Å². The number of thioether (sulfide) groups is 1. The predicted molar refractivity (Wildman–Crippen MR) is 231 cm³/mol. The summed E-state index contributed by atoms with van der Waals surface area (Å²) in [5.74, 6) is -0.224. The molecule has 0 bridgehead atoms. The van der Waals surface area contributed by atoms with Crippen LogP contribution in [0, 0.1) is 0 Å². The Bertz CT molecular complexity index is 2130. The third-order valence-corrected chi connectivity index (χ3v) is 13.8. The summed E-state index contributed by atoms with van der Waals surface area (Å²) in [6, 6.07) is 23.8. The highest BCUT2D eigenvalue weighted by Crippen LogP contribution is 2.50. The Hall–Kier alpha value is -2.69. The van der Waals surface area contributed by atoms with Gasteiger partial charge < -0.3 is 4.90 Å². The number of halogens is 2. The number of nitrogens with zero attached hydrogens (tertiary/aromatic N) is 2. The molecule has 0 atom stereocenters. The summed E-state index contributed by atoms with van der Waals surface area (Å²) in [7, 11) is -3.99. The first-order valence-corrected chi connectivity index (χ1v) is 22.8. The van der Waals surface area contributed by atoms with Gasteiger partial charge in [0.05, 0.1) is 11.2 Å². The molecule has 0 radical (unpaired) electrons. The van der Waals surface area contributed by atoms with Crippen molar-refractivity contribution in [2.45, 2.75) is 95.3 Å². The molecule has 0 unspecified atom stereocenters. The third kappa shape index (κ3) is 8.91. The van der Waals surface area contributed by atoms with Crippen molar-refractivity contribution in [3.63, 3.8) is 0 Å². The number of rotatable bonds is 14. The second-order valence-corrected chi connectivity index (χ2v) is 19.8. The molecule has 3 aromatic carbocycles. The van der Waals surface area contributed by atoms with Crippen molar-refractivity contribution >= 4 is 70.8 Å². The quantitative estimate of drug-likeness (QED) is 0.0993. The Morgan fingerprint density at radius 2 is 1.57 bits per heavy atom. The van der Waals surface area contributed by atoms with E-state index in [1.165, 1.54) is 62.0 Å².